The lowest BCUT2D eigenvalue weighted by Crippen LogP contribution is -2.32. The van der Waals surface area contributed by atoms with Crippen LogP contribution in [0.3, 0.4) is 0 Å². The number of aryl methyl sites for hydroxylation is 1. The molecule has 0 aliphatic carbocycles. The molecule has 3 aromatic carbocycles. The first-order valence-electron chi connectivity index (χ1n) is 13.3. The first-order chi connectivity index (χ1) is 19.5. The van der Waals surface area contributed by atoms with Crippen LogP contribution in [0.4, 0.5) is 17.1 Å². The summed E-state index contributed by atoms with van der Waals surface area (Å²) in [7, 11) is 2.94. The Labute approximate surface area is 245 Å². The summed E-state index contributed by atoms with van der Waals surface area (Å²) in [6, 6.07) is 15.9. The molecule has 0 spiro atoms. The zero-order chi connectivity index (χ0) is 30.0. The van der Waals surface area contributed by atoms with E-state index in [1.54, 1.807) is 36.4 Å². The molecule has 9 heteroatoms. The summed E-state index contributed by atoms with van der Waals surface area (Å²) < 4.78 is 10.6. The molecule has 3 aromatic rings. The second kappa shape index (κ2) is 12.1. The number of para-hydroxylation sites is 1. The van der Waals surface area contributed by atoms with Crippen LogP contribution >= 0.6 is 11.6 Å². The van der Waals surface area contributed by atoms with Crippen LogP contribution < -0.4 is 25.0 Å². The smallest absolute Gasteiger partial charge is 0.283 e. The molecule has 214 valence electrons. The van der Waals surface area contributed by atoms with Crippen LogP contribution in [0, 0.1) is 6.92 Å². The zero-order valence-electron chi connectivity index (χ0n) is 24.2. The number of benzene rings is 3. The highest BCUT2D eigenvalue weighted by atomic mass is 35.5. The number of ether oxygens (including phenoxy) is 2. The van der Waals surface area contributed by atoms with Gasteiger partial charge in [0.2, 0.25) is 0 Å². The van der Waals surface area contributed by atoms with Crippen molar-refractivity contribution in [3.63, 3.8) is 0 Å². The molecule has 4 rings (SSSR count). The molecule has 3 amide bonds. The Balaban J connectivity index is 1.64. The van der Waals surface area contributed by atoms with E-state index in [2.05, 4.69) is 38.3 Å². The minimum atomic E-state index is -0.694. The fourth-order valence-electron chi connectivity index (χ4n) is 4.71. The summed E-state index contributed by atoms with van der Waals surface area (Å²) in [5.74, 6) is -0.427. The molecule has 0 bridgehead atoms. The number of imide groups is 1. The van der Waals surface area contributed by atoms with E-state index in [1.807, 2.05) is 25.1 Å². The molecule has 0 saturated heterocycles. The SMILES string of the molecule is COc1ccc(N2C(=O)C(Cl)=C(Nc3cc(C(=O)Nc4c(C(C)C)cccc4C(C)C)ccc3C)C2=O)c(OC)c1. The lowest BCUT2D eigenvalue weighted by atomic mass is 9.92. The number of halogens is 1. The van der Waals surface area contributed by atoms with E-state index in [1.165, 1.54) is 14.2 Å². The van der Waals surface area contributed by atoms with Gasteiger partial charge in [0, 0.05) is 23.0 Å². The molecule has 0 saturated carbocycles. The summed E-state index contributed by atoms with van der Waals surface area (Å²) in [4.78, 5) is 41.0. The minimum absolute atomic E-state index is 0.0950. The second-order valence-corrected chi connectivity index (χ2v) is 10.8. The van der Waals surface area contributed by atoms with Crippen LogP contribution in [-0.2, 0) is 9.59 Å². The third kappa shape index (κ3) is 5.79. The van der Waals surface area contributed by atoms with Gasteiger partial charge >= 0.3 is 0 Å². The van der Waals surface area contributed by atoms with Gasteiger partial charge in [-0.15, -0.1) is 0 Å². The summed E-state index contributed by atoms with van der Waals surface area (Å²) in [5.41, 5.74) is 4.65. The Bertz CT molecular complexity index is 1530. The Morgan fingerprint density at radius 2 is 1.54 bits per heavy atom. The van der Waals surface area contributed by atoms with Crippen LogP contribution in [-0.4, -0.2) is 31.9 Å². The summed E-state index contributed by atoms with van der Waals surface area (Å²) in [5, 5.41) is 5.85. The van der Waals surface area contributed by atoms with E-state index in [9.17, 15) is 14.4 Å². The first kappa shape index (κ1) is 29.7. The van der Waals surface area contributed by atoms with Crippen molar-refractivity contribution in [2.24, 2.45) is 0 Å². The maximum atomic E-state index is 13.5. The molecule has 1 aliphatic heterocycles. The van der Waals surface area contributed by atoms with Crippen molar-refractivity contribution >= 4 is 46.4 Å². The molecule has 1 aliphatic rings. The fourth-order valence-corrected chi connectivity index (χ4v) is 4.93. The average Bonchev–Trinajstić information content (AvgIpc) is 3.16. The van der Waals surface area contributed by atoms with Gasteiger partial charge in [-0.05, 0) is 59.7 Å². The number of methoxy groups -OCH3 is 2. The Morgan fingerprint density at radius 3 is 2.12 bits per heavy atom. The number of anilines is 3. The zero-order valence-corrected chi connectivity index (χ0v) is 25.0. The van der Waals surface area contributed by atoms with Crippen LogP contribution in [0.25, 0.3) is 0 Å². The van der Waals surface area contributed by atoms with Gasteiger partial charge in [-0.25, -0.2) is 4.90 Å². The van der Waals surface area contributed by atoms with Crippen molar-refractivity contribution in [3.8, 4) is 11.5 Å². The third-order valence-electron chi connectivity index (χ3n) is 7.03. The van der Waals surface area contributed by atoms with Gasteiger partial charge in [-0.3, -0.25) is 14.4 Å². The molecule has 0 atom stereocenters. The largest absolute Gasteiger partial charge is 0.497 e. The molecule has 1 heterocycles. The molecule has 0 unspecified atom stereocenters. The number of rotatable bonds is 9. The molecule has 2 N–H and O–H groups in total. The standard InChI is InChI=1S/C32H34ClN3O5/c1-17(2)22-9-8-10-23(18(3)4)28(22)35-30(37)20-12-11-19(5)24(15-20)34-29-27(33)31(38)36(32(29)39)25-14-13-21(40-6)16-26(25)41-7/h8-18,34H,1-7H3,(H,35,37). The van der Waals surface area contributed by atoms with Crippen molar-refractivity contribution in [3.05, 3.63) is 87.6 Å². The average molecular weight is 576 g/mol. The normalized spacial score (nSPS) is 13.4. The molecular formula is C32H34ClN3O5. The van der Waals surface area contributed by atoms with Crippen LogP contribution in [0.15, 0.2) is 65.3 Å². The van der Waals surface area contributed by atoms with Crippen molar-refractivity contribution in [2.45, 2.75) is 46.5 Å². The number of nitrogens with zero attached hydrogens (tertiary/aromatic N) is 1. The van der Waals surface area contributed by atoms with E-state index in [4.69, 9.17) is 21.1 Å². The maximum Gasteiger partial charge on any atom is 0.283 e. The number of amides is 3. The van der Waals surface area contributed by atoms with Crippen LogP contribution in [0.1, 0.15) is 66.6 Å². The molecule has 0 aromatic heterocycles. The van der Waals surface area contributed by atoms with Crippen molar-refractivity contribution in [1.82, 2.24) is 0 Å². The van der Waals surface area contributed by atoms with Gasteiger partial charge in [-0.2, -0.15) is 0 Å². The molecule has 0 radical (unpaired) electrons. The Kier molecular flexibility index (Phi) is 8.73. The lowest BCUT2D eigenvalue weighted by molar-refractivity contribution is -0.120. The molecule has 0 fully saturated rings. The van der Waals surface area contributed by atoms with Crippen molar-refractivity contribution < 1.29 is 23.9 Å². The van der Waals surface area contributed by atoms with Gasteiger partial charge in [0.1, 0.15) is 22.2 Å². The third-order valence-corrected chi connectivity index (χ3v) is 7.38. The minimum Gasteiger partial charge on any atom is -0.497 e. The highest BCUT2D eigenvalue weighted by Crippen LogP contribution is 2.38. The fraction of sp³-hybridized carbons (Fsp3) is 0.281. The Hall–Kier alpha value is -4.30. The summed E-state index contributed by atoms with van der Waals surface area (Å²) in [6.45, 7) is 10.2. The van der Waals surface area contributed by atoms with Gasteiger partial charge in [-0.1, -0.05) is 63.6 Å². The van der Waals surface area contributed by atoms with Gasteiger partial charge < -0.3 is 20.1 Å². The highest BCUT2D eigenvalue weighted by molar-refractivity contribution is 6.53. The first-order valence-corrected chi connectivity index (χ1v) is 13.7. The number of carbonyl (C=O) groups excluding carboxylic acids is 3. The van der Waals surface area contributed by atoms with Gasteiger partial charge in [0.15, 0.2) is 0 Å². The predicted molar refractivity (Wildman–Crippen MR) is 162 cm³/mol. The van der Waals surface area contributed by atoms with E-state index >= 15 is 0 Å². The summed E-state index contributed by atoms with van der Waals surface area (Å²) >= 11 is 6.39. The van der Waals surface area contributed by atoms with Crippen LogP contribution in [0.5, 0.6) is 11.5 Å². The quantitative estimate of drug-likeness (QED) is 0.268. The van der Waals surface area contributed by atoms with Crippen molar-refractivity contribution in [1.29, 1.82) is 0 Å². The number of hydrogen-bond acceptors (Lipinski definition) is 6. The topological polar surface area (TPSA) is 97.0 Å². The second-order valence-electron chi connectivity index (χ2n) is 10.4. The Morgan fingerprint density at radius 1 is 0.878 bits per heavy atom. The summed E-state index contributed by atoms with van der Waals surface area (Å²) in [6.07, 6.45) is 0. The van der Waals surface area contributed by atoms with Gasteiger partial charge in [0.25, 0.3) is 17.7 Å². The number of carbonyl (C=O) groups is 3. The predicted octanol–water partition coefficient (Wildman–Crippen LogP) is 6.95. The molecule has 8 nitrogen and oxygen atoms in total. The maximum absolute atomic E-state index is 13.5. The van der Waals surface area contributed by atoms with Gasteiger partial charge in [0.05, 0.1) is 19.9 Å². The highest BCUT2D eigenvalue weighted by Gasteiger charge is 2.40. The lowest BCUT2D eigenvalue weighted by Gasteiger charge is -2.20. The van der Waals surface area contributed by atoms with E-state index in [-0.39, 0.29) is 39.9 Å². The number of nitrogens with one attached hydrogen (secondary N) is 2. The van der Waals surface area contributed by atoms with Crippen molar-refractivity contribution in [2.75, 3.05) is 29.8 Å². The van der Waals surface area contributed by atoms with Crippen LogP contribution in [0.2, 0.25) is 0 Å². The van der Waals surface area contributed by atoms with E-state index in [0.29, 0.717) is 17.0 Å². The number of hydrogen-bond donors (Lipinski definition) is 2. The molecular weight excluding hydrogens is 542 g/mol. The van der Waals surface area contributed by atoms with E-state index in [0.717, 1.165) is 27.3 Å². The monoisotopic (exact) mass is 575 g/mol. The molecule has 41 heavy (non-hydrogen) atoms. The van der Waals surface area contributed by atoms with E-state index < -0.39 is 11.8 Å².